The predicted molar refractivity (Wildman–Crippen MR) is 105 cm³/mol. The first-order chi connectivity index (χ1) is 12.0. The van der Waals surface area contributed by atoms with Crippen LogP contribution in [0, 0.1) is 12.3 Å². The van der Waals surface area contributed by atoms with Crippen LogP contribution in [-0.4, -0.2) is 29.8 Å². The first-order valence-electron chi connectivity index (χ1n) is 9.55. The molecule has 0 spiro atoms. The van der Waals surface area contributed by atoms with E-state index in [4.69, 9.17) is 23.0 Å². The van der Waals surface area contributed by atoms with Crippen LogP contribution in [0.25, 0.3) is 0 Å². The van der Waals surface area contributed by atoms with Gasteiger partial charge in [0.2, 0.25) is 5.91 Å². The van der Waals surface area contributed by atoms with E-state index in [9.17, 15) is 4.79 Å². The average Bonchev–Trinajstić information content (AvgIpc) is 2.57. The molecule has 0 atom stereocenters. The van der Waals surface area contributed by atoms with Crippen molar-refractivity contribution < 1.29 is 9.90 Å². The molecule has 0 rings (SSSR count). The Morgan fingerprint density at radius 1 is 1.04 bits per heavy atom. The van der Waals surface area contributed by atoms with Gasteiger partial charge in [0.1, 0.15) is 0 Å². The third kappa shape index (κ3) is 17.3. The summed E-state index contributed by atoms with van der Waals surface area (Å²) in [5.41, 5.74) is 11.5. The predicted octanol–water partition coefficient (Wildman–Crippen LogP) is 2.58. The van der Waals surface area contributed by atoms with Crippen molar-refractivity contribution in [3.63, 3.8) is 0 Å². The van der Waals surface area contributed by atoms with E-state index in [1.807, 2.05) is 0 Å². The van der Waals surface area contributed by atoms with E-state index in [0.717, 1.165) is 57.8 Å². The summed E-state index contributed by atoms with van der Waals surface area (Å²) in [7, 11) is 0. The third-order valence-electron chi connectivity index (χ3n) is 4.12. The Kier molecular flexibility index (Phi) is 15.3. The number of terminal acetylenes is 1. The van der Waals surface area contributed by atoms with Gasteiger partial charge < -0.3 is 21.9 Å². The molecule has 5 heteroatoms. The van der Waals surface area contributed by atoms with Gasteiger partial charge in [-0.05, 0) is 44.9 Å². The second-order valence-electron chi connectivity index (χ2n) is 6.68. The maximum absolute atomic E-state index is 11.3. The zero-order valence-corrected chi connectivity index (χ0v) is 15.6. The number of aliphatic hydroxyl groups is 1. The van der Waals surface area contributed by atoms with Crippen molar-refractivity contribution in [1.82, 2.24) is 5.32 Å². The monoisotopic (exact) mass is 351 g/mol. The molecular weight excluding hydrogens is 314 g/mol. The Morgan fingerprint density at radius 2 is 1.72 bits per heavy atom. The first-order valence-corrected chi connectivity index (χ1v) is 9.55. The van der Waals surface area contributed by atoms with Crippen LogP contribution >= 0.6 is 0 Å². The van der Waals surface area contributed by atoms with Crippen molar-refractivity contribution in [2.75, 3.05) is 13.2 Å². The molecule has 5 nitrogen and oxygen atoms in total. The van der Waals surface area contributed by atoms with Crippen molar-refractivity contribution in [3.8, 4) is 12.3 Å². The van der Waals surface area contributed by atoms with Gasteiger partial charge in [0.05, 0.1) is 12.3 Å². The number of nitrogens with one attached hydrogen (secondary N) is 1. The van der Waals surface area contributed by atoms with Crippen LogP contribution in [-0.2, 0) is 4.79 Å². The lowest BCUT2D eigenvalue weighted by Gasteiger charge is -2.23. The minimum atomic E-state index is -0.606. The molecule has 25 heavy (non-hydrogen) atoms. The molecule has 0 saturated heterocycles. The lowest BCUT2D eigenvalue weighted by atomic mass is 9.98. The van der Waals surface area contributed by atoms with E-state index >= 15 is 0 Å². The standard InChI is InChI=1S/C20H37N3O2/c1-2-3-12-15-20(21,22)16-13-10-8-6-4-5-7-9-11-14-19(25)23-17-18-24/h1,8,10,24H,3-7,9,11-18,21-22H2,(H,23,25)/b10-8-. The first kappa shape index (κ1) is 23.6. The molecule has 0 saturated carbocycles. The molecule has 6 N–H and O–H groups in total. The number of hydrogen-bond acceptors (Lipinski definition) is 4. The summed E-state index contributed by atoms with van der Waals surface area (Å²) in [6, 6.07) is 0. The molecule has 144 valence electrons. The molecule has 0 fully saturated rings. The highest BCUT2D eigenvalue weighted by Gasteiger charge is 2.16. The van der Waals surface area contributed by atoms with Gasteiger partial charge in [-0.25, -0.2) is 0 Å². The summed E-state index contributed by atoms with van der Waals surface area (Å²) in [5.74, 6) is 2.64. The van der Waals surface area contributed by atoms with Gasteiger partial charge >= 0.3 is 0 Å². The van der Waals surface area contributed by atoms with Gasteiger partial charge in [0.25, 0.3) is 0 Å². The number of carbonyl (C=O) groups excluding carboxylic acids is 1. The van der Waals surface area contributed by atoms with Gasteiger partial charge in [-0.15, -0.1) is 12.3 Å². The largest absolute Gasteiger partial charge is 0.395 e. The molecule has 0 aliphatic rings. The summed E-state index contributed by atoms with van der Waals surface area (Å²) in [6.45, 7) is 0.355. The summed E-state index contributed by atoms with van der Waals surface area (Å²) < 4.78 is 0. The van der Waals surface area contributed by atoms with Crippen molar-refractivity contribution in [2.45, 2.75) is 82.7 Å². The average molecular weight is 352 g/mol. The fraction of sp³-hybridized carbons (Fsp3) is 0.750. The summed E-state index contributed by atoms with van der Waals surface area (Å²) >= 11 is 0. The molecule has 0 aliphatic heterocycles. The Labute approximate surface area is 153 Å². The van der Waals surface area contributed by atoms with Crippen LogP contribution in [0.2, 0.25) is 0 Å². The zero-order chi connectivity index (χ0) is 18.8. The third-order valence-corrected chi connectivity index (χ3v) is 4.12. The summed E-state index contributed by atoms with van der Waals surface area (Å²) in [5, 5.41) is 11.3. The molecule has 0 radical (unpaired) electrons. The van der Waals surface area contributed by atoms with E-state index in [0.29, 0.717) is 13.0 Å². The number of allylic oxidation sites excluding steroid dienone is 2. The second-order valence-corrected chi connectivity index (χ2v) is 6.68. The topological polar surface area (TPSA) is 101 Å². The van der Waals surface area contributed by atoms with Crippen LogP contribution in [0.4, 0.5) is 0 Å². The zero-order valence-electron chi connectivity index (χ0n) is 15.6. The number of aliphatic hydroxyl groups excluding tert-OH is 1. The Morgan fingerprint density at radius 3 is 2.44 bits per heavy atom. The Hall–Kier alpha value is -1.35. The number of amides is 1. The number of rotatable bonds is 16. The molecular formula is C20H37N3O2. The van der Waals surface area contributed by atoms with E-state index in [1.54, 1.807) is 0 Å². The summed E-state index contributed by atoms with van der Waals surface area (Å²) in [6.07, 6.45) is 20.8. The van der Waals surface area contributed by atoms with Gasteiger partial charge in [-0.1, -0.05) is 31.4 Å². The van der Waals surface area contributed by atoms with Crippen molar-refractivity contribution in [2.24, 2.45) is 11.5 Å². The van der Waals surface area contributed by atoms with E-state index in [2.05, 4.69) is 23.4 Å². The molecule has 0 aromatic rings. The second kappa shape index (κ2) is 16.1. The maximum Gasteiger partial charge on any atom is 0.220 e. The smallest absolute Gasteiger partial charge is 0.220 e. The van der Waals surface area contributed by atoms with Crippen molar-refractivity contribution in [3.05, 3.63) is 12.2 Å². The maximum atomic E-state index is 11.3. The minimum Gasteiger partial charge on any atom is -0.395 e. The highest BCUT2D eigenvalue weighted by Crippen LogP contribution is 2.13. The molecule has 0 aromatic heterocycles. The SMILES string of the molecule is C#CCCCC(N)(N)CC/C=C\CCCCCCCC(=O)NCCO. The van der Waals surface area contributed by atoms with E-state index < -0.39 is 5.66 Å². The fourth-order valence-corrected chi connectivity index (χ4v) is 2.59. The Balaban J connectivity index is 3.43. The highest BCUT2D eigenvalue weighted by molar-refractivity contribution is 5.75. The molecule has 0 unspecified atom stereocenters. The van der Waals surface area contributed by atoms with Crippen LogP contribution < -0.4 is 16.8 Å². The quantitative estimate of drug-likeness (QED) is 0.149. The van der Waals surface area contributed by atoms with Gasteiger partial charge in [-0.2, -0.15) is 0 Å². The summed E-state index contributed by atoms with van der Waals surface area (Å²) in [4.78, 5) is 11.3. The van der Waals surface area contributed by atoms with Crippen LogP contribution in [0.1, 0.15) is 77.0 Å². The minimum absolute atomic E-state index is 0.00255. The number of nitrogens with two attached hydrogens (primary N) is 2. The fourth-order valence-electron chi connectivity index (χ4n) is 2.59. The molecule has 0 heterocycles. The lowest BCUT2D eigenvalue weighted by Crippen LogP contribution is -2.49. The van der Waals surface area contributed by atoms with Crippen LogP contribution in [0.3, 0.4) is 0 Å². The highest BCUT2D eigenvalue weighted by atomic mass is 16.3. The molecule has 0 aliphatic carbocycles. The van der Waals surface area contributed by atoms with Crippen LogP contribution in [0.5, 0.6) is 0 Å². The van der Waals surface area contributed by atoms with Crippen LogP contribution in [0.15, 0.2) is 12.2 Å². The van der Waals surface area contributed by atoms with Crippen molar-refractivity contribution >= 4 is 5.91 Å². The van der Waals surface area contributed by atoms with E-state index in [-0.39, 0.29) is 12.5 Å². The molecule has 0 bridgehead atoms. The molecule has 1 amide bonds. The normalized spacial score (nSPS) is 11.6. The number of unbranched alkanes of at least 4 members (excludes halogenated alkanes) is 6. The van der Waals surface area contributed by atoms with Crippen molar-refractivity contribution in [1.29, 1.82) is 0 Å². The number of hydrogen-bond donors (Lipinski definition) is 4. The number of carbonyl (C=O) groups is 1. The lowest BCUT2D eigenvalue weighted by molar-refractivity contribution is -0.121. The van der Waals surface area contributed by atoms with Gasteiger partial charge in [-0.3, -0.25) is 4.79 Å². The van der Waals surface area contributed by atoms with Gasteiger partial charge in [0, 0.05) is 19.4 Å². The Bertz CT molecular complexity index is 400. The molecule has 0 aromatic carbocycles. The van der Waals surface area contributed by atoms with Gasteiger partial charge in [0.15, 0.2) is 0 Å². The van der Waals surface area contributed by atoms with E-state index in [1.165, 1.54) is 12.8 Å².